The van der Waals surface area contributed by atoms with E-state index in [0.717, 1.165) is 36.8 Å². The van der Waals surface area contributed by atoms with Gasteiger partial charge in [0.2, 0.25) is 11.8 Å². The van der Waals surface area contributed by atoms with Crippen molar-refractivity contribution in [2.75, 3.05) is 16.4 Å². The Labute approximate surface area is 150 Å². The van der Waals surface area contributed by atoms with Crippen molar-refractivity contribution in [1.82, 2.24) is 14.8 Å². The van der Waals surface area contributed by atoms with Crippen LogP contribution in [0.15, 0.2) is 29.4 Å². The lowest BCUT2D eigenvalue weighted by atomic mass is 10.2. The third kappa shape index (κ3) is 4.82. The maximum Gasteiger partial charge on any atom is 0.234 e. The Hall–Kier alpha value is -2.35. The van der Waals surface area contributed by atoms with Crippen molar-refractivity contribution in [3.63, 3.8) is 0 Å². The lowest BCUT2D eigenvalue weighted by Gasteiger charge is -2.08. The number of anilines is 2. The minimum Gasteiger partial charge on any atom is -0.326 e. The van der Waals surface area contributed by atoms with E-state index in [-0.39, 0.29) is 17.6 Å². The van der Waals surface area contributed by atoms with Crippen molar-refractivity contribution in [1.29, 1.82) is 0 Å². The molecule has 1 aliphatic rings. The van der Waals surface area contributed by atoms with Crippen LogP contribution in [-0.4, -0.2) is 32.3 Å². The van der Waals surface area contributed by atoms with Crippen LogP contribution in [0.25, 0.3) is 0 Å². The summed E-state index contributed by atoms with van der Waals surface area (Å²) >= 11 is 1.40. The quantitative estimate of drug-likeness (QED) is 0.801. The van der Waals surface area contributed by atoms with E-state index in [1.807, 2.05) is 0 Å². The molecule has 8 heteroatoms. The first kappa shape index (κ1) is 17.5. The number of amides is 2. The van der Waals surface area contributed by atoms with Gasteiger partial charge in [0.05, 0.1) is 5.75 Å². The summed E-state index contributed by atoms with van der Waals surface area (Å²) < 4.78 is 2.13. The smallest absolute Gasteiger partial charge is 0.234 e. The van der Waals surface area contributed by atoms with E-state index < -0.39 is 0 Å². The van der Waals surface area contributed by atoms with Crippen LogP contribution < -0.4 is 10.6 Å². The number of carbonyl (C=O) groups excluding carboxylic acids is 2. The molecular weight excluding hydrogens is 338 g/mol. The van der Waals surface area contributed by atoms with E-state index in [1.165, 1.54) is 25.1 Å². The van der Waals surface area contributed by atoms with Crippen LogP contribution in [0, 0.1) is 0 Å². The van der Waals surface area contributed by atoms with E-state index in [0.29, 0.717) is 11.4 Å². The zero-order chi connectivity index (χ0) is 17.6. The van der Waals surface area contributed by atoms with Crippen LogP contribution in [0.4, 0.5) is 11.4 Å². The number of aromatic nitrogens is 3. The Kier molecular flexibility index (Phi) is 5.70. The fraction of sp³-hybridized carbons (Fsp3) is 0.412. The SMILES string of the molecule is CC(=O)Nc1cccc(NC(=O)CSc2nnc3n2CCCCC3)c1. The normalized spacial score (nSPS) is 13.6. The second-order valence-electron chi connectivity index (χ2n) is 5.96. The Bertz CT molecular complexity index is 774. The van der Waals surface area contributed by atoms with E-state index in [9.17, 15) is 9.59 Å². The predicted molar refractivity (Wildman–Crippen MR) is 97.7 cm³/mol. The van der Waals surface area contributed by atoms with E-state index in [2.05, 4.69) is 25.4 Å². The molecule has 0 bridgehead atoms. The van der Waals surface area contributed by atoms with Gasteiger partial charge in [0.25, 0.3) is 0 Å². The number of aryl methyl sites for hydroxylation is 1. The van der Waals surface area contributed by atoms with Crippen LogP contribution >= 0.6 is 11.8 Å². The molecule has 1 aromatic carbocycles. The molecule has 2 heterocycles. The Balaban J connectivity index is 1.57. The Morgan fingerprint density at radius 1 is 1.16 bits per heavy atom. The molecule has 0 saturated heterocycles. The molecule has 0 atom stereocenters. The van der Waals surface area contributed by atoms with E-state index in [4.69, 9.17) is 0 Å². The summed E-state index contributed by atoms with van der Waals surface area (Å²) in [5.74, 6) is 1.02. The predicted octanol–water partition coefficient (Wildman–Crippen LogP) is 2.69. The molecule has 0 spiro atoms. The van der Waals surface area contributed by atoms with Crippen molar-refractivity contribution in [2.45, 2.75) is 44.3 Å². The van der Waals surface area contributed by atoms with Gasteiger partial charge in [-0.2, -0.15) is 0 Å². The molecule has 2 aromatic rings. The zero-order valence-corrected chi connectivity index (χ0v) is 14.9. The summed E-state index contributed by atoms with van der Waals surface area (Å²) in [7, 11) is 0. The van der Waals surface area contributed by atoms with Gasteiger partial charge in [0, 0.05) is 31.3 Å². The minimum atomic E-state index is -0.147. The molecule has 2 N–H and O–H groups in total. The van der Waals surface area contributed by atoms with Gasteiger partial charge in [0.1, 0.15) is 5.82 Å². The number of fused-ring (bicyclic) bond motifs is 1. The van der Waals surface area contributed by atoms with Crippen LogP contribution in [0.2, 0.25) is 0 Å². The number of nitrogens with zero attached hydrogens (tertiary/aromatic N) is 3. The lowest BCUT2D eigenvalue weighted by molar-refractivity contribution is -0.114. The van der Waals surface area contributed by atoms with E-state index >= 15 is 0 Å². The average Bonchev–Trinajstić information content (AvgIpc) is 2.79. The third-order valence-corrected chi connectivity index (χ3v) is 4.84. The van der Waals surface area contributed by atoms with Crippen molar-refractivity contribution >= 4 is 35.0 Å². The molecule has 0 aliphatic carbocycles. The highest BCUT2D eigenvalue weighted by Gasteiger charge is 2.16. The summed E-state index contributed by atoms with van der Waals surface area (Å²) in [6, 6.07) is 7.08. The van der Waals surface area contributed by atoms with Crippen molar-refractivity contribution in [2.24, 2.45) is 0 Å². The summed E-state index contributed by atoms with van der Waals surface area (Å²) in [6.07, 6.45) is 4.43. The third-order valence-electron chi connectivity index (χ3n) is 3.87. The number of hydrogen-bond acceptors (Lipinski definition) is 5. The van der Waals surface area contributed by atoms with E-state index in [1.54, 1.807) is 24.3 Å². The number of rotatable bonds is 5. The van der Waals surface area contributed by atoms with Gasteiger partial charge in [0.15, 0.2) is 5.16 Å². The fourth-order valence-corrected chi connectivity index (χ4v) is 3.55. The molecule has 0 unspecified atom stereocenters. The molecule has 132 valence electrons. The molecule has 1 aliphatic heterocycles. The van der Waals surface area contributed by atoms with Gasteiger partial charge in [-0.05, 0) is 31.0 Å². The number of carbonyl (C=O) groups is 2. The molecule has 3 rings (SSSR count). The second kappa shape index (κ2) is 8.15. The van der Waals surface area contributed by atoms with Crippen molar-refractivity contribution < 1.29 is 9.59 Å². The van der Waals surface area contributed by atoms with Crippen LogP contribution in [0.1, 0.15) is 32.0 Å². The highest BCUT2D eigenvalue weighted by atomic mass is 32.2. The van der Waals surface area contributed by atoms with Gasteiger partial charge < -0.3 is 15.2 Å². The molecule has 0 saturated carbocycles. The lowest BCUT2D eigenvalue weighted by Crippen LogP contribution is -2.15. The first-order chi connectivity index (χ1) is 12.1. The van der Waals surface area contributed by atoms with Gasteiger partial charge in [-0.25, -0.2) is 0 Å². The molecule has 0 fully saturated rings. The minimum absolute atomic E-state index is 0.115. The fourth-order valence-electron chi connectivity index (χ4n) is 2.77. The number of benzene rings is 1. The van der Waals surface area contributed by atoms with Gasteiger partial charge in [-0.1, -0.05) is 24.2 Å². The molecule has 2 amide bonds. The summed E-state index contributed by atoms with van der Waals surface area (Å²) in [5.41, 5.74) is 1.30. The molecule has 0 radical (unpaired) electrons. The highest BCUT2D eigenvalue weighted by Crippen LogP contribution is 2.22. The number of nitrogens with one attached hydrogen (secondary N) is 2. The van der Waals surface area contributed by atoms with Gasteiger partial charge in [-0.3, -0.25) is 9.59 Å². The van der Waals surface area contributed by atoms with Crippen molar-refractivity contribution in [3.05, 3.63) is 30.1 Å². The largest absolute Gasteiger partial charge is 0.326 e. The van der Waals surface area contributed by atoms with Crippen LogP contribution in [0.5, 0.6) is 0 Å². The second-order valence-corrected chi connectivity index (χ2v) is 6.90. The van der Waals surface area contributed by atoms with Crippen molar-refractivity contribution in [3.8, 4) is 0 Å². The summed E-state index contributed by atoms with van der Waals surface area (Å²) in [5, 5.41) is 14.8. The molecule has 25 heavy (non-hydrogen) atoms. The van der Waals surface area contributed by atoms with Gasteiger partial charge >= 0.3 is 0 Å². The van der Waals surface area contributed by atoms with Crippen LogP contribution in [-0.2, 0) is 22.6 Å². The number of hydrogen-bond donors (Lipinski definition) is 2. The monoisotopic (exact) mass is 359 g/mol. The first-order valence-corrected chi connectivity index (χ1v) is 9.33. The Morgan fingerprint density at radius 2 is 1.96 bits per heavy atom. The topological polar surface area (TPSA) is 88.9 Å². The summed E-state index contributed by atoms with van der Waals surface area (Å²) in [6.45, 7) is 2.37. The first-order valence-electron chi connectivity index (χ1n) is 8.34. The van der Waals surface area contributed by atoms with Gasteiger partial charge in [-0.15, -0.1) is 10.2 Å². The molecular formula is C17H21N5O2S. The standard InChI is InChI=1S/C17H21N5O2S/c1-12(23)18-13-6-5-7-14(10-13)19-16(24)11-25-17-21-20-15-8-3-2-4-9-22(15)17/h5-7,10H,2-4,8-9,11H2,1H3,(H,18,23)(H,19,24). The van der Waals surface area contributed by atoms with Crippen LogP contribution in [0.3, 0.4) is 0 Å². The highest BCUT2D eigenvalue weighted by molar-refractivity contribution is 7.99. The molecule has 7 nitrogen and oxygen atoms in total. The zero-order valence-electron chi connectivity index (χ0n) is 14.1. The maximum atomic E-state index is 12.2. The average molecular weight is 359 g/mol. The summed E-state index contributed by atoms with van der Waals surface area (Å²) in [4.78, 5) is 23.3. The maximum absolute atomic E-state index is 12.2. The number of thioether (sulfide) groups is 1. The Morgan fingerprint density at radius 3 is 2.76 bits per heavy atom. The molecule has 1 aromatic heterocycles.